The van der Waals surface area contributed by atoms with Crippen LogP contribution in [0.25, 0.3) is 0 Å². The average molecular weight is 278 g/mol. The Hall–Kier alpha value is -2.27. The maximum Gasteiger partial charge on any atom is 0.201 e. The molecule has 0 aromatic heterocycles. The van der Waals surface area contributed by atoms with Gasteiger partial charge in [-0.3, -0.25) is 4.79 Å². The lowest BCUT2D eigenvalue weighted by molar-refractivity contribution is 0.103. The van der Waals surface area contributed by atoms with Crippen molar-refractivity contribution in [1.82, 2.24) is 0 Å². The molecule has 0 unspecified atom stereocenters. The Kier molecular flexibility index (Phi) is 5.34. The third kappa shape index (κ3) is 3.19. The number of carbonyl (C=O) groups is 1. The van der Waals surface area contributed by atoms with Gasteiger partial charge in [0.1, 0.15) is 11.6 Å². The van der Waals surface area contributed by atoms with Crippen LogP contribution in [0.5, 0.6) is 0 Å². The molecule has 2 aromatic rings. The molecule has 5 heteroatoms. The van der Waals surface area contributed by atoms with Crippen LogP contribution in [-0.4, -0.2) is 12.8 Å². The molecule has 2 rings (SSSR count). The normalized spacial score (nSPS) is 9.65. The molecule has 106 valence electrons. The van der Waals surface area contributed by atoms with E-state index in [0.29, 0.717) is 0 Å². The van der Waals surface area contributed by atoms with Gasteiger partial charge >= 0.3 is 0 Å². The van der Waals surface area contributed by atoms with Gasteiger partial charge in [0.15, 0.2) is 0 Å². The van der Waals surface area contributed by atoms with Crippen LogP contribution < -0.4 is 11.5 Å². The van der Waals surface area contributed by atoms with Gasteiger partial charge in [-0.1, -0.05) is 17.7 Å². The Morgan fingerprint density at radius 3 is 2.15 bits per heavy atom. The molecular formula is C15H16F2N2O. The largest absolute Gasteiger partial charge is 0.398 e. The van der Waals surface area contributed by atoms with Crippen LogP contribution >= 0.6 is 0 Å². The van der Waals surface area contributed by atoms with Crippen molar-refractivity contribution in [3.8, 4) is 0 Å². The van der Waals surface area contributed by atoms with E-state index in [1.54, 1.807) is 19.1 Å². The summed E-state index contributed by atoms with van der Waals surface area (Å²) in [4.78, 5) is 12.1. The summed E-state index contributed by atoms with van der Waals surface area (Å²) in [5, 5.41) is 0. The molecule has 0 saturated carbocycles. The first kappa shape index (κ1) is 15.8. The first-order valence-electron chi connectivity index (χ1n) is 5.93. The second-order valence-corrected chi connectivity index (χ2v) is 4.02. The summed E-state index contributed by atoms with van der Waals surface area (Å²) >= 11 is 0. The predicted octanol–water partition coefficient (Wildman–Crippen LogP) is 2.66. The standard InChI is InChI=1S/C14H11F2NO.CH5N/c1-8-5-6-12(17)9(7-8)14(18)13-10(15)3-2-4-11(13)16;1-2/h2-7H,17H2,1H3;2H2,1H3. The van der Waals surface area contributed by atoms with Crippen LogP contribution in [0.1, 0.15) is 21.5 Å². The first-order chi connectivity index (χ1) is 9.50. The maximum absolute atomic E-state index is 13.5. The SMILES string of the molecule is CN.Cc1ccc(N)c(C(=O)c2c(F)cccc2F)c1. The minimum absolute atomic E-state index is 0.110. The van der Waals surface area contributed by atoms with Gasteiger partial charge in [-0.2, -0.15) is 0 Å². The number of carbonyl (C=O) groups excluding carboxylic acids is 1. The van der Waals surface area contributed by atoms with Crippen molar-refractivity contribution in [3.63, 3.8) is 0 Å². The summed E-state index contributed by atoms with van der Waals surface area (Å²) in [6.45, 7) is 1.77. The van der Waals surface area contributed by atoms with E-state index in [1.807, 2.05) is 0 Å². The van der Waals surface area contributed by atoms with E-state index < -0.39 is 23.0 Å². The van der Waals surface area contributed by atoms with Gasteiger partial charge in [0, 0.05) is 11.3 Å². The first-order valence-corrected chi connectivity index (χ1v) is 5.93. The number of aryl methyl sites for hydroxylation is 1. The molecule has 0 spiro atoms. The van der Waals surface area contributed by atoms with Crippen molar-refractivity contribution < 1.29 is 13.6 Å². The predicted molar refractivity (Wildman–Crippen MR) is 75.5 cm³/mol. The van der Waals surface area contributed by atoms with Gasteiger partial charge in [-0.15, -0.1) is 0 Å². The summed E-state index contributed by atoms with van der Waals surface area (Å²) in [7, 11) is 1.50. The summed E-state index contributed by atoms with van der Waals surface area (Å²) in [5.41, 5.74) is 10.7. The number of nitrogens with two attached hydrogens (primary N) is 2. The summed E-state index contributed by atoms with van der Waals surface area (Å²) in [5.74, 6) is -2.52. The van der Waals surface area contributed by atoms with Crippen LogP contribution in [0.2, 0.25) is 0 Å². The molecule has 0 heterocycles. The van der Waals surface area contributed by atoms with Gasteiger partial charge in [0.2, 0.25) is 5.78 Å². The molecular weight excluding hydrogens is 262 g/mol. The quantitative estimate of drug-likeness (QED) is 0.655. The highest BCUT2D eigenvalue weighted by Crippen LogP contribution is 2.21. The molecule has 0 radical (unpaired) electrons. The molecule has 0 bridgehead atoms. The number of hydrogen-bond donors (Lipinski definition) is 2. The zero-order valence-corrected chi connectivity index (χ0v) is 11.3. The second-order valence-electron chi connectivity index (χ2n) is 4.02. The molecule has 0 aliphatic rings. The Balaban J connectivity index is 0.000000956. The highest BCUT2D eigenvalue weighted by Gasteiger charge is 2.20. The Labute approximate surface area is 116 Å². The topological polar surface area (TPSA) is 69.1 Å². The number of hydrogen-bond acceptors (Lipinski definition) is 3. The summed E-state index contributed by atoms with van der Waals surface area (Å²) in [6, 6.07) is 8.08. The zero-order valence-electron chi connectivity index (χ0n) is 11.3. The fourth-order valence-corrected chi connectivity index (χ4v) is 1.72. The van der Waals surface area contributed by atoms with Gasteiger partial charge in [-0.25, -0.2) is 8.78 Å². The van der Waals surface area contributed by atoms with Gasteiger partial charge in [0.05, 0.1) is 5.56 Å². The van der Waals surface area contributed by atoms with Crippen LogP contribution in [0, 0.1) is 18.6 Å². The van der Waals surface area contributed by atoms with Crippen LogP contribution in [0.15, 0.2) is 36.4 Å². The molecule has 0 amide bonds. The van der Waals surface area contributed by atoms with Crippen molar-refractivity contribution in [2.45, 2.75) is 6.92 Å². The average Bonchev–Trinajstić information content (AvgIpc) is 2.43. The van der Waals surface area contributed by atoms with E-state index in [4.69, 9.17) is 5.73 Å². The number of nitrogen functional groups attached to an aromatic ring is 1. The number of benzene rings is 2. The Morgan fingerprint density at radius 2 is 1.60 bits per heavy atom. The van der Waals surface area contributed by atoms with Crippen LogP contribution in [0.3, 0.4) is 0 Å². The van der Waals surface area contributed by atoms with Gasteiger partial charge < -0.3 is 11.5 Å². The molecule has 0 aliphatic heterocycles. The molecule has 0 fully saturated rings. The molecule has 0 aliphatic carbocycles. The molecule has 4 N–H and O–H groups in total. The summed E-state index contributed by atoms with van der Waals surface area (Å²) in [6.07, 6.45) is 0. The highest BCUT2D eigenvalue weighted by atomic mass is 19.1. The van der Waals surface area contributed by atoms with E-state index in [9.17, 15) is 13.6 Å². The third-order valence-corrected chi connectivity index (χ3v) is 2.64. The van der Waals surface area contributed by atoms with Crippen molar-refractivity contribution in [1.29, 1.82) is 0 Å². The smallest absolute Gasteiger partial charge is 0.201 e. The van der Waals surface area contributed by atoms with Crippen LogP contribution in [-0.2, 0) is 0 Å². The number of anilines is 1. The molecule has 2 aromatic carbocycles. The Morgan fingerprint density at radius 1 is 1.05 bits per heavy atom. The fourth-order valence-electron chi connectivity index (χ4n) is 1.72. The van der Waals surface area contributed by atoms with Crippen molar-refractivity contribution in [3.05, 3.63) is 64.7 Å². The van der Waals surface area contributed by atoms with Gasteiger partial charge in [-0.05, 0) is 38.2 Å². The maximum atomic E-state index is 13.5. The van der Waals surface area contributed by atoms with E-state index in [2.05, 4.69) is 5.73 Å². The summed E-state index contributed by atoms with van der Waals surface area (Å²) < 4.78 is 27.0. The third-order valence-electron chi connectivity index (χ3n) is 2.64. The van der Waals surface area contributed by atoms with Crippen molar-refractivity contribution in [2.75, 3.05) is 12.8 Å². The minimum atomic E-state index is -0.888. The lowest BCUT2D eigenvalue weighted by Gasteiger charge is -2.07. The monoisotopic (exact) mass is 278 g/mol. The second kappa shape index (κ2) is 6.77. The molecule has 3 nitrogen and oxygen atoms in total. The Bertz CT molecular complexity index is 607. The number of ketones is 1. The fraction of sp³-hybridized carbons (Fsp3) is 0.133. The van der Waals surface area contributed by atoms with Crippen molar-refractivity contribution >= 4 is 11.5 Å². The van der Waals surface area contributed by atoms with E-state index >= 15 is 0 Å². The lowest BCUT2D eigenvalue weighted by Crippen LogP contribution is -2.10. The van der Waals surface area contributed by atoms with Crippen LogP contribution in [0.4, 0.5) is 14.5 Å². The molecule has 20 heavy (non-hydrogen) atoms. The molecule has 0 saturated heterocycles. The number of rotatable bonds is 2. The van der Waals surface area contributed by atoms with E-state index in [-0.39, 0.29) is 11.3 Å². The van der Waals surface area contributed by atoms with E-state index in [0.717, 1.165) is 17.7 Å². The number of halogens is 2. The molecule has 0 atom stereocenters. The van der Waals surface area contributed by atoms with Crippen molar-refractivity contribution in [2.24, 2.45) is 5.73 Å². The van der Waals surface area contributed by atoms with Gasteiger partial charge in [0.25, 0.3) is 0 Å². The lowest BCUT2D eigenvalue weighted by atomic mass is 9.99. The zero-order chi connectivity index (χ0) is 15.3. The highest BCUT2D eigenvalue weighted by molar-refractivity contribution is 6.12. The van der Waals surface area contributed by atoms with E-state index in [1.165, 1.54) is 19.2 Å². The minimum Gasteiger partial charge on any atom is -0.398 e.